The minimum absolute atomic E-state index is 0.0257. The van der Waals surface area contributed by atoms with Crippen LogP contribution in [-0.4, -0.2) is 57.6 Å². The van der Waals surface area contributed by atoms with Crippen molar-refractivity contribution in [2.75, 3.05) is 13.1 Å². The number of carboxylic acid groups (broad SMARTS) is 1. The zero-order valence-electron chi connectivity index (χ0n) is 18.0. The maximum Gasteiger partial charge on any atom is 0.317 e. The first-order valence-corrected chi connectivity index (χ1v) is 10.7. The second-order valence-corrected chi connectivity index (χ2v) is 8.29. The average molecular weight is 439 g/mol. The molecule has 1 fully saturated rings. The van der Waals surface area contributed by atoms with Gasteiger partial charge in [-0.15, -0.1) is 0 Å². The maximum absolute atomic E-state index is 13.4. The molecule has 170 valence electrons. The number of nitrogens with zero attached hydrogens (tertiary/aromatic N) is 1. The molecule has 2 aromatic rings. The van der Waals surface area contributed by atoms with Gasteiger partial charge in [-0.2, -0.15) is 0 Å². The first kappa shape index (κ1) is 23.4. The van der Waals surface area contributed by atoms with Crippen molar-refractivity contribution in [2.45, 2.75) is 43.9 Å². The molecule has 8 nitrogen and oxygen atoms in total. The highest BCUT2D eigenvalue weighted by atomic mass is 16.4. The molecule has 0 radical (unpaired) electrons. The van der Waals surface area contributed by atoms with Gasteiger partial charge in [-0.05, 0) is 36.9 Å². The fourth-order valence-electron chi connectivity index (χ4n) is 4.41. The third-order valence-electron chi connectivity index (χ3n) is 5.98. The molecule has 1 heterocycles. The van der Waals surface area contributed by atoms with Crippen molar-refractivity contribution in [3.05, 3.63) is 71.3 Å². The molecule has 8 heteroatoms. The molecular formula is C24H30N4O4. The lowest BCUT2D eigenvalue weighted by atomic mass is 9.86. The van der Waals surface area contributed by atoms with Gasteiger partial charge in [-0.1, -0.05) is 54.6 Å². The quantitative estimate of drug-likeness (QED) is 0.281. The molecule has 6 N–H and O–H groups in total. The number of aliphatic hydroxyl groups excluding tert-OH is 1. The second kappa shape index (κ2) is 10.4. The Morgan fingerprint density at radius 1 is 1.12 bits per heavy atom. The van der Waals surface area contributed by atoms with Crippen LogP contribution in [0.1, 0.15) is 36.0 Å². The van der Waals surface area contributed by atoms with Gasteiger partial charge in [0.05, 0.1) is 12.6 Å². The summed E-state index contributed by atoms with van der Waals surface area (Å²) in [6.45, 7) is 0.498. The Bertz CT molecular complexity index is 948. The highest BCUT2D eigenvalue weighted by Gasteiger charge is 2.48. The van der Waals surface area contributed by atoms with E-state index in [1.807, 2.05) is 30.3 Å². The molecule has 1 aliphatic heterocycles. The number of hydrogen-bond donors (Lipinski definition) is 5. The highest BCUT2D eigenvalue weighted by molar-refractivity contribution is 5.94. The van der Waals surface area contributed by atoms with Crippen LogP contribution in [0.25, 0.3) is 0 Å². The number of carbonyl (C=O) groups excluding carboxylic acids is 1. The van der Waals surface area contributed by atoms with E-state index >= 15 is 0 Å². The third-order valence-corrected chi connectivity index (χ3v) is 5.98. The van der Waals surface area contributed by atoms with Gasteiger partial charge in [0.1, 0.15) is 11.4 Å². The number of aliphatic hydroxyl groups is 1. The topological polar surface area (TPSA) is 140 Å². The summed E-state index contributed by atoms with van der Waals surface area (Å²) < 4.78 is 0. The van der Waals surface area contributed by atoms with Crippen molar-refractivity contribution in [3.8, 4) is 0 Å². The molecule has 1 aliphatic rings. The Balaban J connectivity index is 1.74. The molecule has 1 amide bonds. The van der Waals surface area contributed by atoms with Crippen molar-refractivity contribution in [2.24, 2.45) is 5.73 Å². The number of carbonyl (C=O) groups is 2. The molecule has 0 bridgehead atoms. The van der Waals surface area contributed by atoms with E-state index in [1.165, 1.54) is 0 Å². The lowest BCUT2D eigenvalue weighted by molar-refractivity contribution is -0.143. The van der Waals surface area contributed by atoms with Crippen LogP contribution >= 0.6 is 0 Å². The summed E-state index contributed by atoms with van der Waals surface area (Å²) in [5.74, 6) is -1.30. The van der Waals surface area contributed by atoms with E-state index in [9.17, 15) is 19.8 Å². The number of likely N-dealkylation sites (tertiary alicyclic amines) is 1. The minimum atomic E-state index is -1.08. The van der Waals surface area contributed by atoms with Crippen LogP contribution in [0, 0.1) is 5.41 Å². The Morgan fingerprint density at radius 3 is 2.44 bits per heavy atom. The zero-order valence-corrected chi connectivity index (χ0v) is 18.0. The number of carboxylic acids is 1. The Kier molecular flexibility index (Phi) is 7.61. The lowest BCUT2D eigenvalue weighted by Crippen LogP contribution is -2.58. The summed E-state index contributed by atoms with van der Waals surface area (Å²) in [6, 6.07) is 16.6. The zero-order chi connectivity index (χ0) is 23.1. The smallest absolute Gasteiger partial charge is 0.317 e. The third kappa shape index (κ3) is 5.72. The Morgan fingerprint density at radius 2 is 1.81 bits per heavy atom. The minimum Gasteiger partial charge on any atom is -0.480 e. The normalized spacial score (nSPS) is 19.4. The van der Waals surface area contributed by atoms with Gasteiger partial charge >= 0.3 is 5.97 Å². The highest BCUT2D eigenvalue weighted by Crippen LogP contribution is 2.34. The number of nitrogens with two attached hydrogens (primary N) is 1. The number of amides is 1. The van der Waals surface area contributed by atoms with Gasteiger partial charge in [-0.3, -0.25) is 19.9 Å². The number of rotatable bonds is 10. The van der Waals surface area contributed by atoms with Crippen LogP contribution in [0.4, 0.5) is 0 Å². The average Bonchev–Trinajstić information content (AvgIpc) is 3.15. The Labute approximate surface area is 187 Å². The van der Waals surface area contributed by atoms with Gasteiger partial charge in [0, 0.05) is 18.5 Å². The first-order valence-electron chi connectivity index (χ1n) is 10.7. The predicted molar refractivity (Wildman–Crippen MR) is 121 cm³/mol. The summed E-state index contributed by atoms with van der Waals surface area (Å²) in [4.78, 5) is 26.5. The van der Waals surface area contributed by atoms with Gasteiger partial charge in [0.15, 0.2) is 0 Å². The van der Waals surface area contributed by atoms with Crippen molar-refractivity contribution < 1.29 is 19.8 Å². The van der Waals surface area contributed by atoms with Crippen molar-refractivity contribution in [1.82, 2.24) is 10.2 Å². The number of benzene rings is 2. The van der Waals surface area contributed by atoms with Gasteiger partial charge in [0.2, 0.25) is 5.91 Å². The van der Waals surface area contributed by atoms with Gasteiger partial charge in [-0.25, -0.2) is 0 Å². The number of aliphatic carboxylic acids is 1. The molecule has 0 aromatic heterocycles. The molecular weight excluding hydrogens is 408 g/mol. The van der Waals surface area contributed by atoms with E-state index < -0.39 is 17.6 Å². The lowest BCUT2D eigenvalue weighted by Gasteiger charge is -2.38. The first-order chi connectivity index (χ1) is 15.3. The second-order valence-electron chi connectivity index (χ2n) is 8.29. The molecule has 1 saturated heterocycles. The SMILES string of the molecule is N=C(N)c1ccc(CNC(=O)[C@]2(CC(O)Cc3ccccc3)CCCN2CC(=O)O)cc1. The van der Waals surface area contributed by atoms with Crippen LogP contribution in [0.2, 0.25) is 0 Å². The molecule has 2 aromatic carbocycles. The summed E-state index contributed by atoms with van der Waals surface area (Å²) in [5.41, 5.74) is 6.80. The van der Waals surface area contributed by atoms with Crippen LogP contribution in [0.3, 0.4) is 0 Å². The maximum atomic E-state index is 13.4. The van der Waals surface area contributed by atoms with Crippen LogP contribution < -0.4 is 11.1 Å². The van der Waals surface area contributed by atoms with E-state index in [-0.39, 0.29) is 31.3 Å². The van der Waals surface area contributed by atoms with Crippen molar-refractivity contribution >= 4 is 17.7 Å². The van der Waals surface area contributed by atoms with E-state index in [0.29, 0.717) is 31.4 Å². The summed E-state index contributed by atoms with van der Waals surface area (Å²) in [5, 5.41) is 30.6. The van der Waals surface area contributed by atoms with Crippen molar-refractivity contribution in [3.63, 3.8) is 0 Å². The molecule has 1 unspecified atom stereocenters. The predicted octanol–water partition coefficient (Wildman–Crippen LogP) is 1.50. The van der Waals surface area contributed by atoms with Gasteiger partial charge in [0.25, 0.3) is 0 Å². The van der Waals surface area contributed by atoms with E-state index in [1.54, 1.807) is 29.2 Å². The fourth-order valence-corrected chi connectivity index (χ4v) is 4.41. The summed E-state index contributed by atoms with van der Waals surface area (Å²) in [7, 11) is 0. The summed E-state index contributed by atoms with van der Waals surface area (Å²) in [6.07, 6.45) is 0.938. The van der Waals surface area contributed by atoms with Crippen molar-refractivity contribution in [1.29, 1.82) is 5.41 Å². The van der Waals surface area contributed by atoms with Crippen LogP contribution in [-0.2, 0) is 22.6 Å². The number of nitrogen functional groups attached to an aromatic ring is 1. The van der Waals surface area contributed by atoms with E-state index in [4.69, 9.17) is 11.1 Å². The largest absolute Gasteiger partial charge is 0.480 e. The molecule has 2 atom stereocenters. The molecule has 32 heavy (non-hydrogen) atoms. The van der Waals surface area contributed by atoms with Crippen LogP contribution in [0.5, 0.6) is 0 Å². The molecule has 3 rings (SSSR count). The van der Waals surface area contributed by atoms with Gasteiger partial charge < -0.3 is 21.3 Å². The summed E-state index contributed by atoms with van der Waals surface area (Å²) >= 11 is 0. The molecule has 0 saturated carbocycles. The monoisotopic (exact) mass is 438 g/mol. The number of amidine groups is 1. The fraction of sp³-hybridized carbons (Fsp3) is 0.375. The van der Waals surface area contributed by atoms with E-state index in [2.05, 4.69) is 5.32 Å². The molecule has 0 spiro atoms. The van der Waals surface area contributed by atoms with Crippen LogP contribution in [0.15, 0.2) is 54.6 Å². The number of nitrogens with one attached hydrogen (secondary N) is 2. The Hall–Kier alpha value is -3.23. The van der Waals surface area contributed by atoms with E-state index in [0.717, 1.165) is 11.1 Å². The standard InChI is InChI=1S/C24H30N4O4/c25-22(26)19-9-7-18(8-10-19)15-27-23(32)24(11-4-12-28(24)16-21(30)31)14-20(29)13-17-5-2-1-3-6-17/h1-3,5-10,20,29H,4,11-16H2,(H3,25,26)(H,27,32)(H,30,31)/t20?,24-/m1/s1. The molecule has 0 aliphatic carbocycles. The number of hydrogen-bond acceptors (Lipinski definition) is 5.